The fraction of sp³-hybridized carbons (Fsp3) is 0.625. The summed E-state index contributed by atoms with van der Waals surface area (Å²) >= 11 is 2.09. The first-order valence-corrected chi connectivity index (χ1v) is 9.04. The van der Waals surface area contributed by atoms with Crippen LogP contribution in [0.5, 0.6) is 0 Å². The molecule has 5 heteroatoms. The molecule has 4 heterocycles. The Labute approximate surface area is 129 Å². The first-order valence-electron chi connectivity index (χ1n) is 7.88. The molecule has 2 aromatic heterocycles. The summed E-state index contributed by atoms with van der Waals surface area (Å²) in [5, 5.41) is 0. The molecule has 0 saturated carbocycles. The Bertz CT molecular complexity index is 615. The van der Waals surface area contributed by atoms with E-state index in [1.165, 1.54) is 30.2 Å². The third kappa shape index (κ3) is 2.69. The molecule has 2 aliphatic rings. The van der Waals surface area contributed by atoms with Gasteiger partial charge in [-0.2, -0.15) is 11.8 Å². The van der Waals surface area contributed by atoms with E-state index < -0.39 is 0 Å². The first kappa shape index (κ1) is 13.6. The van der Waals surface area contributed by atoms with Crippen LogP contribution in [0.4, 0.5) is 0 Å². The van der Waals surface area contributed by atoms with E-state index in [2.05, 4.69) is 27.4 Å². The summed E-state index contributed by atoms with van der Waals surface area (Å²) in [7, 11) is 0. The molecule has 2 unspecified atom stereocenters. The number of aromatic nitrogens is 3. The molecule has 2 saturated heterocycles. The number of pyridine rings is 1. The third-order valence-electron chi connectivity index (χ3n) is 4.52. The first-order chi connectivity index (χ1) is 10.4. The fourth-order valence-corrected chi connectivity index (χ4v) is 4.56. The lowest BCUT2D eigenvalue weighted by Gasteiger charge is -2.23. The van der Waals surface area contributed by atoms with Crippen LogP contribution < -0.4 is 0 Å². The highest BCUT2D eigenvalue weighted by Crippen LogP contribution is 2.30. The van der Waals surface area contributed by atoms with Crippen molar-refractivity contribution in [1.29, 1.82) is 0 Å². The second-order valence-corrected chi connectivity index (χ2v) is 7.22. The second kappa shape index (κ2) is 5.97. The van der Waals surface area contributed by atoms with E-state index in [1.807, 2.05) is 12.3 Å². The lowest BCUT2D eigenvalue weighted by Crippen LogP contribution is -2.20. The molecule has 0 amide bonds. The molecule has 0 spiro atoms. The summed E-state index contributed by atoms with van der Waals surface area (Å²) in [4.78, 5) is 9.47. The van der Waals surface area contributed by atoms with E-state index in [9.17, 15) is 0 Å². The summed E-state index contributed by atoms with van der Waals surface area (Å²) < 4.78 is 7.95. The van der Waals surface area contributed by atoms with Crippen molar-refractivity contribution >= 4 is 22.9 Å². The van der Waals surface area contributed by atoms with Gasteiger partial charge < -0.3 is 9.30 Å². The summed E-state index contributed by atoms with van der Waals surface area (Å²) in [6.45, 7) is 2.73. The SMILES string of the molecule is c1cnc2c(c1)nc(C1CCOC1)n2CC1CCCSC1. The standard InChI is InChI=1S/C16H21N3OS/c1-4-14-16(17-6-1)19(9-12-3-2-8-21-11-12)15(18-14)13-5-7-20-10-13/h1,4,6,12-13H,2-3,5,7-11H2. The van der Waals surface area contributed by atoms with Crippen LogP contribution in [0, 0.1) is 5.92 Å². The Hall–Kier alpha value is -1.07. The van der Waals surface area contributed by atoms with Gasteiger partial charge >= 0.3 is 0 Å². The van der Waals surface area contributed by atoms with Crippen molar-refractivity contribution < 1.29 is 4.74 Å². The molecule has 0 bridgehead atoms. The molecule has 112 valence electrons. The molecule has 4 rings (SSSR count). The topological polar surface area (TPSA) is 39.9 Å². The van der Waals surface area contributed by atoms with Gasteiger partial charge in [-0.3, -0.25) is 0 Å². The predicted molar refractivity (Wildman–Crippen MR) is 85.8 cm³/mol. The average molecular weight is 303 g/mol. The van der Waals surface area contributed by atoms with Gasteiger partial charge in [-0.25, -0.2) is 9.97 Å². The molecule has 0 N–H and O–H groups in total. The largest absolute Gasteiger partial charge is 0.381 e. The van der Waals surface area contributed by atoms with E-state index in [4.69, 9.17) is 9.72 Å². The van der Waals surface area contributed by atoms with Crippen LogP contribution in [0.15, 0.2) is 18.3 Å². The van der Waals surface area contributed by atoms with Crippen molar-refractivity contribution in [3.8, 4) is 0 Å². The van der Waals surface area contributed by atoms with Gasteiger partial charge in [-0.15, -0.1) is 0 Å². The maximum atomic E-state index is 5.57. The van der Waals surface area contributed by atoms with Crippen LogP contribution in [0.2, 0.25) is 0 Å². The molecule has 0 aliphatic carbocycles. The number of nitrogens with zero attached hydrogens (tertiary/aromatic N) is 3. The van der Waals surface area contributed by atoms with Crippen molar-refractivity contribution in [3.63, 3.8) is 0 Å². The zero-order valence-electron chi connectivity index (χ0n) is 12.2. The van der Waals surface area contributed by atoms with Gasteiger partial charge in [0.25, 0.3) is 0 Å². The Morgan fingerprint density at radius 3 is 3.19 bits per heavy atom. The highest BCUT2D eigenvalue weighted by Gasteiger charge is 2.26. The number of fused-ring (bicyclic) bond motifs is 1. The average Bonchev–Trinajstić information content (AvgIpc) is 3.16. The van der Waals surface area contributed by atoms with Gasteiger partial charge in [0, 0.05) is 25.3 Å². The number of ether oxygens (including phenoxy) is 1. The van der Waals surface area contributed by atoms with E-state index in [-0.39, 0.29) is 0 Å². The Morgan fingerprint density at radius 1 is 1.38 bits per heavy atom. The zero-order chi connectivity index (χ0) is 14.1. The highest BCUT2D eigenvalue weighted by molar-refractivity contribution is 7.99. The maximum Gasteiger partial charge on any atom is 0.160 e. The molecule has 2 aromatic rings. The van der Waals surface area contributed by atoms with Crippen molar-refractivity contribution in [2.75, 3.05) is 24.7 Å². The Morgan fingerprint density at radius 2 is 2.38 bits per heavy atom. The number of hydrogen-bond donors (Lipinski definition) is 0. The van der Waals surface area contributed by atoms with Gasteiger partial charge in [0.1, 0.15) is 11.3 Å². The monoisotopic (exact) mass is 303 g/mol. The molecule has 4 nitrogen and oxygen atoms in total. The minimum absolute atomic E-state index is 0.440. The van der Waals surface area contributed by atoms with E-state index in [0.29, 0.717) is 5.92 Å². The smallest absolute Gasteiger partial charge is 0.160 e. The Kier molecular flexibility index (Phi) is 3.86. The summed E-state index contributed by atoms with van der Waals surface area (Å²) in [5.74, 6) is 4.98. The van der Waals surface area contributed by atoms with Crippen LogP contribution in [0.3, 0.4) is 0 Å². The maximum absolute atomic E-state index is 5.57. The van der Waals surface area contributed by atoms with E-state index in [1.54, 1.807) is 0 Å². The van der Waals surface area contributed by atoms with Crippen LogP contribution >= 0.6 is 11.8 Å². The quantitative estimate of drug-likeness (QED) is 0.873. The minimum atomic E-state index is 0.440. The normalized spacial score (nSPS) is 26.5. The van der Waals surface area contributed by atoms with Gasteiger partial charge in [0.15, 0.2) is 5.65 Å². The number of hydrogen-bond acceptors (Lipinski definition) is 4. The molecular formula is C16H21N3OS. The molecular weight excluding hydrogens is 282 g/mol. The number of imidazole rings is 1. The molecule has 0 radical (unpaired) electrons. The Balaban J connectivity index is 1.70. The molecule has 0 aromatic carbocycles. The zero-order valence-corrected chi connectivity index (χ0v) is 13.0. The van der Waals surface area contributed by atoms with Crippen molar-refractivity contribution in [1.82, 2.24) is 14.5 Å². The van der Waals surface area contributed by atoms with Crippen LogP contribution in [0.25, 0.3) is 11.2 Å². The lowest BCUT2D eigenvalue weighted by atomic mass is 10.0. The summed E-state index contributed by atoms with van der Waals surface area (Å²) in [6.07, 6.45) is 5.64. The predicted octanol–water partition coefficient (Wildman–Crippen LogP) is 3.08. The summed E-state index contributed by atoms with van der Waals surface area (Å²) in [5.41, 5.74) is 2.08. The van der Waals surface area contributed by atoms with E-state index >= 15 is 0 Å². The molecule has 2 atom stereocenters. The van der Waals surface area contributed by atoms with Crippen LogP contribution in [-0.4, -0.2) is 39.3 Å². The second-order valence-electron chi connectivity index (χ2n) is 6.07. The summed E-state index contributed by atoms with van der Waals surface area (Å²) in [6, 6.07) is 4.05. The number of rotatable bonds is 3. The molecule has 2 fully saturated rings. The van der Waals surface area contributed by atoms with Gasteiger partial charge in [0.2, 0.25) is 0 Å². The van der Waals surface area contributed by atoms with Crippen molar-refractivity contribution in [3.05, 3.63) is 24.2 Å². The fourth-order valence-electron chi connectivity index (χ4n) is 3.42. The molecule has 2 aliphatic heterocycles. The van der Waals surface area contributed by atoms with E-state index in [0.717, 1.165) is 43.3 Å². The third-order valence-corrected chi connectivity index (χ3v) is 5.81. The van der Waals surface area contributed by atoms with Gasteiger partial charge in [0.05, 0.1) is 6.61 Å². The molecule has 21 heavy (non-hydrogen) atoms. The highest BCUT2D eigenvalue weighted by atomic mass is 32.2. The van der Waals surface area contributed by atoms with Crippen LogP contribution in [0.1, 0.15) is 31.0 Å². The van der Waals surface area contributed by atoms with Crippen molar-refractivity contribution in [2.45, 2.75) is 31.7 Å². The van der Waals surface area contributed by atoms with Gasteiger partial charge in [-0.05, 0) is 48.8 Å². The van der Waals surface area contributed by atoms with Gasteiger partial charge in [-0.1, -0.05) is 0 Å². The lowest BCUT2D eigenvalue weighted by molar-refractivity contribution is 0.192. The minimum Gasteiger partial charge on any atom is -0.381 e. The van der Waals surface area contributed by atoms with Crippen molar-refractivity contribution in [2.24, 2.45) is 5.92 Å². The number of thioether (sulfide) groups is 1. The van der Waals surface area contributed by atoms with Crippen LogP contribution in [-0.2, 0) is 11.3 Å².